The van der Waals surface area contributed by atoms with E-state index in [2.05, 4.69) is 5.32 Å². The number of phenolic OH excluding ortho intramolecular Hbond substituents is 1. The van der Waals surface area contributed by atoms with Crippen LogP contribution in [0.2, 0.25) is 0 Å². The Hall–Kier alpha value is -3.35. The number of hydrogen-bond acceptors (Lipinski definition) is 5. The van der Waals surface area contributed by atoms with Gasteiger partial charge in [-0.25, -0.2) is 4.79 Å². The van der Waals surface area contributed by atoms with Crippen LogP contribution in [-0.4, -0.2) is 36.0 Å². The molecule has 7 nitrogen and oxygen atoms in total. The molecule has 3 rings (SSSR count). The fraction of sp³-hybridized carbons (Fsp3) is 0.250. The number of amides is 2. The van der Waals surface area contributed by atoms with Gasteiger partial charge in [-0.3, -0.25) is 9.59 Å². The van der Waals surface area contributed by atoms with E-state index in [4.69, 9.17) is 4.74 Å². The molecule has 27 heavy (non-hydrogen) atoms. The second-order valence-corrected chi connectivity index (χ2v) is 6.29. The molecule has 0 saturated carbocycles. The fourth-order valence-corrected chi connectivity index (χ4v) is 2.90. The van der Waals surface area contributed by atoms with Gasteiger partial charge in [-0.05, 0) is 43.2 Å². The number of aromatic hydroxyl groups is 1. The Bertz CT molecular complexity index is 894. The third-order valence-corrected chi connectivity index (χ3v) is 4.31. The van der Waals surface area contributed by atoms with Gasteiger partial charge < -0.3 is 20.1 Å². The Morgan fingerprint density at radius 3 is 2.74 bits per heavy atom. The highest BCUT2D eigenvalue weighted by Gasteiger charge is 2.22. The smallest absolute Gasteiger partial charge is 0.342 e. The lowest BCUT2D eigenvalue weighted by Gasteiger charge is -2.16. The van der Waals surface area contributed by atoms with E-state index in [0.29, 0.717) is 24.2 Å². The standard InChI is InChI=1S/C20H20N2O5/c1-13-5-2-8-16(19(13)25)20(26)27-12-17(23)21-14-6-3-7-15(11-14)22-10-4-9-18(22)24/h2-3,5-8,11,25H,4,9-10,12H2,1H3,(H,21,23). The molecule has 2 aromatic rings. The number of carbonyl (C=O) groups excluding carboxylic acids is 3. The zero-order valence-electron chi connectivity index (χ0n) is 14.9. The summed E-state index contributed by atoms with van der Waals surface area (Å²) in [6.07, 6.45) is 1.34. The van der Waals surface area contributed by atoms with Crippen LogP contribution >= 0.6 is 0 Å². The number of anilines is 2. The van der Waals surface area contributed by atoms with Crippen LogP contribution in [0.1, 0.15) is 28.8 Å². The van der Waals surface area contributed by atoms with Crippen LogP contribution in [0.4, 0.5) is 11.4 Å². The molecule has 0 radical (unpaired) electrons. The van der Waals surface area contributed by atoms with Crippen LogP contribution in [0, 0.1) is 6.92 Å². The van der Waals surface area contributed by atoms with Crippen molar-refractivity contribution in [3.63, 3.8) is 0 Å². The summed E-state index contributed by atoms with van der Waals surface area (Å²) >= 11 is 0. The molecule has 0 unspecified atom stereocenters. The van der Waals surface area contributed by atoms with Crippen molar-refractivity contribution in [1.82, 2.24) is 0 Å². The molecule has 1 saturated heterocycles. The predicted octanol–water partition coefficient (Wildman–Crippen LogP) is 2.62. The van der Waals surface area contributed by atoms with Crippen molar-refractivity contribution in [3.05, 3.63) is 53.6 Å². The molecule has 7 heteroatoms. The van der Waals surface area contributed by atoms with Gasteiger partial charge in [0, 0.05) is 24.3 Å². The topological polar surface area (TPSA) is 95.9 Å². The van der Waals surface area contributed by atoms with Crippen molar-refractivity contribution in [3.8, 4) is 5.75 Å². The Morgan fingerprint density at radius 2 is 2.00 bits per heavy atom. The van der Waals surface area contributed by atoms with Crippen molar-refractivity contribution in [2.45, 2.75) is 19.8 Å². The summed E-state index contributed by atoms with van der Waals surface area (Å²) in [6, 6.07) is 11.7. The normalized spacial score (nSPS) is 13.5. The summed E-state index contributed by atoms with van der Waals surface area (Å²) in [7, 11) is 0. The molecule has 140 valence electrons. The lowest BCUT2D eigenvalue weighted by atomic mass is 10.1. The average molecular weight is 368 g/mol. The molecule has 0 bridgehead atoms. The molecule has 2 amide bonds. The lowest BCUT2D eigenvalue weighted by Crippen LogP contribution is -2.24. The molecule has 2 aromatic carbocycles. The van der Waals surface area contributed by atoms with Gasteiger partial charge in [0.1, 0.15) is 11.3 Å². The van der Waals surface area contributed by atoms with E-state index in [1.165, 1.54) is 6.07 Å². The first-order valence-corrected chi connectivity index (χ1v) is 8.61. The molecule has 0 spiro atoms. The molecule has 1 fully saturated rings. The number of aryl methyl sites for hydroxylation is 1. The van der Waals surface area contributed by atoms with E-state index in [1.807, 2.05) is 0 Å². The van der Waals surface area contributed by atoms with Gasteiger partial charge in [0.15, 0.2) is 6.61 Å². The van der Waals surface area contributed by atoms with E-state index in [-0.39, 0.29) is 17.2 Å². The number of benzene rings is 2. The number of esters is 1. The quantitative estimate of drug-likeness (QED) is 0.791. The van der Waals surface area contributed by atoms with Crippen molar-refractivity contribution in [2.24, 2.45) is 0 Å². The van der Waals surface area contributed by atoms with Gasteiger partial charge >= 0.3 is 5.97 Å². The number of rotatable bonds is 5. The van der Waals surface area contributed by atoms with Crippen LogP contribution in [0.3, 0.4) is 0 Å². The van der Waals surface area contributed by atoms with Crippen molar-refractivity contribution in [1.29, 1.82) is 0 Å². The first kappa shape index (κ1) is 18.4. The molecule has 1 aliphatic rings. The highest BCUT2D eigenvalue weighted by Crippen LogP contribution is 2.24. The zero-order chi connectivity index (χ0) is 19.4. The maximum atomic E-state index is 12.1. The molecular weight excluding hydrogens is 348 g/mol. The lowest BCUT2D eigenvalue weighted by molar-refractivity contribution is -0.119. The number of para-hydroxylation sites is 1. The van der Waals surface area contributed by atoms with Gasteiger partial charge in [-0.15, -0.1) is 0 Å². The highest BCUT2D eigenvalue weighted by atomic mass is 16.5. The summed E-state index contributed by atoms with van der Waals surface area (Å²) in [4.78, 5) is 37.6. The average Bonchev–Trinajstić information content (AvgIpc) is 3.08. The summed E-state index contributed by atoms with van der Waals surface area (Å²) in [5, 5.41) is 12.5. The van der Waals surface area contributed by atoms with E-state index in [9.17, 15) is 19.5 Å². The second-order valence-electron chi connectivity index (χ2n) is 6.29. The molecule has 1 aliphatic heterocycles. The minimum absolute atomic E-state index is 0.0114. The first-order valence-electron chi connectivity index (χ1n) is 8.61. The Morgan fingerprint density at radius 1 is 1.22 bits per heavy atom. The van der Waals surface area contributed by atoms with Gasteiger partial charge in [-0.1, -0.05) is 18.2 Å². The van der Waals surface area contributed by atoms with Gasteiger partial charge in [0.2, 0.25) is 5.91 Å². The number of carbonyl (C=O) groups is 3. The second kappa shape index (κ2) is 7.90. The molecular formula is C20H20N2O5. The zero-order valence-corrected chi connectivity index (χ0v) is 14.9. The third-order valence-electron chi connectivity index (χ3n) is 4.31. The number of ether oxygens (including phenoxy) is 1. The van der Waals surface area contributed by atoms with Gasteiger partial charge in [-0.2, -0.15) is 0 Å². The van der Waals surface area contributed by atoms with Gasteiger partial charge in [0.25, 0.3) is 5.91 Å². The number of hydrogen-bond donors (Lipinski definition) is 2. The maximum Gasteiger partial charge on any atom is 0.342 e. The summed E-state index contributed by atoms with van der Waals surface area (Å²) < 4.78 is 4.97. The molecule has 0 aliphatic carbocycles. The molecule has 2 N–H and O–H groups in total. The minimum atomic E-state index is -0.775. The molecule has 0 aromatic heterocycles. The molecule has 0 atom stereocenters. The Balaban J connectivity index is 1.59. The van der Waals surface area contributed by atoms with Crippen LogP contribution < -0.4 is 10.2 Å². The van der Waals surface area contributed by atoms with Crippen molar-refractivity contribution < 1.29 is 24.2 Å². The monoisotopic (exact) mass is 368 g/mol. The van der Waals surface area contributed by atoms with Crippen molar-refractivity contribution >= 4 is 29.2 Å². The summed E-state index contributed by atoms with van der Waals surface area (Å²) in [5.74, 6) is -1.39. The van der Waals surface area contributed by atoms with Crippen LogP contribution in [0.5, 0.6) is 5.75 Å². The SMILES string of the molecule is Cc1cccc(C(=O)OCC(=O)Nc2cccc(N3CCCC3=O)c2)c1O. The van der Waals surface area contributed by atoms with Crippen LogP contribution in [0.25, 0.3) is 0 Å². The summed E-state index contributed by atoms with van der Waals surface area (Å²) in [5.41, 5.74) is 1.78. The first-order chi connectivity index (χ1) is 13.0. The van der Waals surface area contributed by atoms with Crippen LogP contribution in [-0.2, 0) is 14.3 Å². The molecule has 1 heterocycles. The van der Waals surface area contributed by atoms with E-state index >= 15 is 0 Å². The predicted molar refractivity (Wildman–Crippen MR) is 99.8 cm³/mol. The number of nitrogens with zero attached hydrogens (tertiary/aromatic N) is 1. The number of phenols is 1. The largest absolute Gasteiger partial charge is 0.507 e. The Kier molecular flexibility index (Phi) is 5.40. The van der Waals surface area contributed by atoms with Gasteiger partial charge in [0.05, 0.1) is 0 Å². The highest BCUT2D eigenvalue weighted by molar-refractivity contribution is 5.98. The van der Waals surface area contributed by atoms with E-state index in [0.717, 1.165) is 12.1 Å². The Labute approximate surface area is 156 Å². The fourth-order valence-electron chi connectivity index (χ4n) is 2.90. The van der Waals surface area contributed by atoms with E-state index in [1.54, 1.807) is 48.2 Å². The minimum Gasteiger partial charge on any atom is -0.507 e. The van der Waals surface area contributed by atoms with Crippen LogP contribution in [0.15, 0.2) is 42.5 Å². The van der Waals surface area contributed by atoms with Crippen molar-refractivity contribution in [2.75, 3.05) is 23.4 Å². The van der Waals surface area contributed by atoms with E-state index < -0.39 is 18.5 Å². The third kappa shape index (κ3) is 4.25. The maximum absolute atomic E-state index is 12.1. The summed E-state index contributed by atoms with van der Waals surface area (Å²) in [6.45, 7) is 1.84. The number of nitrogens with one attached hydrogen (secondary N) is 1.